The number of nitrogens with zero attached hydrogens (tertiary/aromatic N) is 2. The van der Waals surface area contributed by atoms with E-state index in [1.165, 1.54) is 24.1 Å². The summed E-state index contributed by atoms with van der Waals surface area (Å²) >= 11 is 3.51. The highest BCUT2D eigenvalue weighted by molar-refractivity contribution is 9.10. The minimum absolute atomic E-state index is 0.0366. The minimum atomic E-state index is -4.25. The average Bonchev–Trinajstić information content (AvgIpc) is 3.04. The second kappa shape index (κ2) is 15.9. The van der Waals surface area contributed by atoms with Crippen molar-refractivity contribution in [2.75, 3.05) is 24.5 Å². The highest BCUT2D eigenvalue weighted by Crippen LogP contribution is 2.34. The van der Waals surface area contributed by atoms with Crippen molar-refractivity contribution in [3.05, 3.63) is 124 Å². The number of carbonyl (C=O) groups is 2. The van der Waals surface area contributed by atoms with E-state index in [2.05, 4.69) is 21.2 Å². The number of rotatable bonds is 14. The van der Waals surface area contributed by atoms with Crippen LogP contribution in [0, 0.1) is 13.8 Å². The fraction of sp³-hybridized carbons (Fsp3) is 0.278. The first-order chi connectivity index (χ1) is 22.0. The van der Waals surface area contributed by atoms with E-state index in [1.54, 1.807) is 24.3 Å². The Hall–Kier alpha value is -4.15. The van der Waals surface area contributed by atoms with Crippen molar-refractivity contribution in [3.63, 3.8) is 0 Å². The molecule has 10 heteroatoms. The second-order valence-electron chi connectivity index (χ2n) is 11.1. The quantitative estimate of drug-likeness (QED) is 0.163. The van der Waals surface area contributed by atoms with Crippen molar-refractivity contribution in [3.8, 4) is 5.75 Å². The van der Waals surface area contributed by atoms with Crippen LogP contribution in [0.15, 0.2) is 106 Å². The van der Waals surface area contributed by atoms with Crippen molar-refractivity contribution in [2.24, 2.45) is 0 Å². The maximum Gasteiger partial charge on any atom is 0.264 e. The molecular weight excluding hydrogens is 666 g/mol. The van der Waals surface area contributed by atoms with Crippen LogP contribution in [-0.4, -0.2) is 51.4 Å². The smallest absolute Gasteiger partial charge is 0.264 e. The van der Waals surface area contributed by atoms with Gasteiger partial charge in [0.1, 0.15) is 18.3 Å². The van der Waals surface area contributed by atoms with Gasteiger partial charge in [-0.15, -0.1) is 0 Å². The monoisotopic (exact) mass is 705 g/mol. The lowest BCUT2D eigenvalue weighted by atomic mass is 10.0. The van der Waals surface area contributed by atoms with Crippen LogP contribution in [0.4, 0.5) is 5.69 Å². The Labute approximate surface area is 280 Å². The Morgan fingerprint density at radius 1 is 0.870 bits per heavy atom. The van der Waals surface area contributed by atoms with Crippen molar-refractivity contribution >= 4 is 43.5 Å². The molecular formula is C36H40BrN3O5S. The number of hydrogen-bond acceptors (Lipinski definition) is 5. The molecule has 0 aromatic heterocycles. The molecule has 0 fully saturated rings. The van der Waals surface area contributed by atoms with Gasteiger partial charge in [0, 0.05) is 24.0 Å². The molecule has 0 bridgehead atoms. The lowest BCUT2D eigenvalue weighted by molar-refractivity contribution is -0.140. The molecule has 1 N–H and O–H groups in total. The minimum Gasteiger partial charge on any atom is -0.495 e. The zero-order valence-corrected chi connectivity index (χ0v) is 29.0. The summed E-state index contributed by atoms with van der Waals surface area (Å²) in [5, 5.41) is 2.96. The van der Waals surface area contributed by atoms with Gasteiger partial charge in [-0.1, -0.05) is 89.1 Å². The van der Waals surface area contributed by atoms with E-state index in [-0.39, 0.29) is 29.5 Å². The molecule has 0 radical (unpaired) electrons. The first-order valence-electron chi connectivity index (χ1n) is 15.1. The molecule has 0 aliphatic rings. The van der Waals surface area contributed by atoms with Crippen LogP contribution in [0.25, 0.3) is 0 Å². The molecule has 0 heterocycles. The summed E-state index contributed by atoms with van der Waals surface area (Å²) in [6.45, 7) is 5.64. The Balaban J connectivity index is 1.85. The first kappa shape index (κ1) is 34.7. The molecule has 242 valence electrons. The summed E-state index contributed by atoms with van der Waals surface area (Å²) in [4.78, 5) is 29.9. The van der Waals surface area contributed by atoms with Gasteiger partial charge in [-0.25, -0.2) is 8.42 Å². The predicted molar refractivity (Wildman–Crippen MR) is 185 cm³/mol. The number of amides is 2. The third kappa shape index (κ3) is 8.76. The molecule has 0 spiro atoms. The van der Waals surface area contributed by atoms with Crippen LogP contribution >= 0.6 is 15.9 Å². The molecule has 2 amide bonds. The number of anilines is 1. The topological polar surface area (TPSA) is 96.0 Å². The Kier molecular flexibility index (Phi) is 12.0. The van der Waals surface area contributed by atoms with E-state index >= 15 is 0 Å². The number of nitrogens with one attached hydrogen (secondary N) is 1. The molecule has 0 aliphatic heterocycles. The van der Waals surface area contributed by atoms with Crippen LogP contribution in [0.2, 0.25) is 0 Å². The maximum absolute atomic E-state index is 14.6. The van der Waals surface area contributed by atoms with Gasteiger partial charge < -0.3 is 15.0 Å². The van der Waals surface area contributed by atoms with E-state index in [0.29, 0.717) is 12.3 Å². The zero-order chi connectivity index (χ0) is 33.3. The fourth-order valence-electron chi connectivity index (χ4n) is 5.10. The molecule has 46 heavy (non-hydrogen) atoms. The van der Waals surface area contributed by atoms with Gasteiger partial charge in [0.2, 0.25) is 11.8 Å². The van der Waals surface area contributed by atoms with Crippen LogP contribution in [0.1, 0.15) is 35.6 Å². The average molecular weight is 707 g/mol. The summed E-state index contributed by atoms with van der Waals surface area (Å²) in [5.74, 6) is -0.545. The molecule has 0 aliphatic carbocycles. The number of carbonyl (C=O) groups excluding carboxylic acids is 2. The van der Waals surface area contributed by atoms with Crippen LogP contribution < -0.4 is 14.4 Å². The Morgan fingerprint density at radius 2 is 1.54 bits per heavy atom. The lowest BCUT2D eigenvalue weighted by Crippen LogP contribution is -2.53. The SMILES string of the molecule is CCCNC(=O)C(Cc1ccccc1)N(Cc1cccc(Br)c1)C(=O)CN(c1cc(C)ccc1OC)S(=O)(=O)c1ccc(C)cc1. The van der Waals surface area contributed by atoms with Crippen LogP contribution in [-0.2, 0) is 32.6 Å². The molecule has 8 nitrogen and oxygen atoms in total. The molecule has 4 aromatic carbocycles. The van der Waals surface area contributed by atoms with Crippen molar-refractivity contribution in [1.29, 1.82) is 0 Å². The predicted octanol–water partition coefficient (Wildman–Crippen LogP) is 6.44. The summed E-state index contributed by atoms with van der Waals surface area (Å²) in [6.07, 6.45) is 0.966. The number of methoxy groups -OCH3 is 1. The molecule has 0 saturated heterocycles. The van der Waals surface area contributed by atoms with Gasteiger partial charge in [-0.05, 0) is 73.4 Å². The first-order valence-corrected chi connectivity index (χ1v) is 17.4. The number of sulfonamides is 1. The number of benzene rings is 4. The van der Waals surface area contributed by atoms with E-state index in [4.69, 9.17) is 4.74 Å². The van der Waals surface area contributed by atoms with Gasteiger partial charge in [0.05, 0.1) is 17.7 Å². The molecule has 0 saturated carbocycles. The Bertz CT molecular complexity index is 1750. The Morgan fingerprint density at radius 3 is 2.20 bits per heavy atom. The van der Waals surface area contributed by atoms with E-state index in [9.17, 15) is 18.0 Å². The summed E-state index contributed by atoms with van der Waals surface area (Å²) in [7, 11) is -2.79. The van der Waals surface area contributed by atoms with Gasteiger partial charge in [0.15, 0.2) is 0 Å². The number of halogens is 1. The van der Waals surface area contributed by atoms with Gasteiger partial charge >= 0.3 is 0 Å². The number of hydrogen-bond donors (Lipinski definition) is 1. The zero-order valence-electron chi connectivity index (χ0n) is 26.6. The van der Waals surface area contributed by atoms with Gasteiger partial charge in [0.25, 0.3) is 10.0 Å². The van der Waals surface area contributed by atoms with Crippen molar-refractivity contribution in [2.45, 2.75) is 51.1 Å². The normalized spacial score (nSPS) is 11.8. The van der Waals surface area contributed by atoms with Crippen molar-refractivity contribution < 1.29 is 22.7 Å². The summed E-state index contributed by atoms with van der Waals surface area (Å²) < 4.78 is 36.2. The standard InChI is InChI=1S/C36H40BrN3O5S/c1-5-20-38-36(42)33(23-28-10-7-6-8-11-28)39(24-29-12-9-13-30(37)22-29)35(41)25-40(32-21-27(3)16-19-34(32)45-4)46(43,44)31-17-14-26(2)15-18-31/h6-19,21-22,33H,5,20,23-25H2,1-4H3,(H,38,42). The van der Waals surface area contributed by atoms with E-state index < -0.39 is 28.5 Å². The van der Waals surface area contributed by atoms with Crippen LogP contribution in [0.5, 0.6) is 5.75 Å². The summed E-state index contributed by atoms with van der Waals surface area (Å²) in [5.41, 5.74) is 3.57. The van der Waals surface area contributed by atoms with Crippen molar-refractivity contribution in [1.82, 2.24) is 10.2 Å². The molecule has 4 rings (SSSR count). The highest BCUT2D eigenvalue weighted by Gasteiger charge is 2.35. The van der Waals surface area contributed by atoms with Gasteiger partial charge in [-0.2, -0.15) is 0 Å². The molecule has 1 unspecified atom stereocenters. The van der Waals surface area contributed by atoms with Crippen LogP contribution in [0.3, 0.4) is 0 Å². The van der Waals surface area contributed by atoms with E-state index in [1.807, 2.05) is 81.4 Å². The number of ether oxygens (including phenoxy) is 1. The van der Waals surface area contributed by atoms with Gasteiger partial charge in [-0.3, -0.25) is 13.9 Å². The number of aryl methyl sites for hydroxylation is 2. The summed E-state index contributed by atoms with van der Waals surface area (Å²) in [6, 6.07) is 27.7. The van der Waals surface area contributed by atoms with E-state index in [0.717, 1.165) is 37.5 Å². The third-order valence-electron chi connectivity index (χ3n) is 7.55. The fourth-order valence-corrected chi connectivity index (χ4v) is 6.96. The third-order valence-corrected chi connectivity index (χ3v) is 9.82. The maximum atomic E-state index is 14.6. The highest BCUT2D eigenvalue weighted by atomic mass is 79.9. The largest absolute Gasteiger partial charge is 0.495 e. The molecule has 1 atom stereocenters. The molecule has 4 aromatic rings. The lowest BCUT2D eigenvalue weighted by Gasteiger charge is -2.34. The second-order valence-corrected chi connectivity index (χ2v) is 13.9.